The molecule has 110 valence electrons. The molecule has 0 atom stereocenters. The van der Waals surface area contributed by atoms with E-state index >= 15 is 0 Å². The van der Waals surface area contributed by atoms with Crippen molar-refractivity contribution in [1.29, 1.82) is 0 Å². The minimum Gasteiger partial charge on any atom is -0.330 e. The molecule has 1 aliphatic heterocycles. The lowest BCUT2D eigenvalue weighted by molar-refractivity contribution is -0.117. The van der Waals surface area contributed by atoms with E-state index < -0.39 is 0 Å². The zero-order valence-corrected chi connectivity index (χ0v) is 13.5. The summed E-state index contributed by atoms with van der Waals surface area (Å²) in [5.41, 5.74) is 7.25. The van der Waals surface area contributed by atoms with Crippen molar-refractivity contribution in [2.75, 3.05) is 11.4 Å². The second-order valence-corrected chi connectivity index (χ2v) is 5.97. The van der Waals surface area contributed by atoms with Gasteiger partial charge < -0.3 is 5.73 Å². The maximum atomic E-state index is 12.4. The summed E-state index contributed by atoms with van der Waals surface area (Å²) in [5.74, 6) is -0.0104. The predicted octanol–water partition coefficient (Wildman–Crippen LogP) is 4.24. The minimum absolute atomic E-state index is 0. The molecule has 2 aromatic rings. The number of amides is 1. The van der Waals surface area contributed by atoms with Crippen LogP contribution in [-0.2, 0) is 4.79 Å². The van der Waals surface area contributed by atoms with Crippen LogP contribution in [0.15, 0.2) is 52.3 Å². The zero-order chi connectivity index (χ0) is 14.1. The summed E-state index contributed by atoms with van der Waals surface area (Å²) in [5, 5.41) is 0.620. The number of benzene rings is 2. The van der Waals surface area contributed by atoms with Gasteiger partial charge in [0.05, 0.1) is 11.4 Å². The highest BCUT2D eigenvalue weighted by molar-refractivity contribution is 7.99. The Morgan fingerprint density at radius 3 is 2.62 bits per heavy atom. The number of anilines is 2. The van der Waals surface area contributed by atoms with E-state index in [9.17, 15) is 4.79 Å². The molecule has 0 unspecified atom stereocenters. The van der Waals surface area contributed by atoms with Gasteiger partial charge in [-0.05, 0) is 30.3 Å². The van der Waals surface area contributed by atoms with Crippen molar-refractivity contribution in [2.45, 2.75) is 16.2 Å². The van der Waals surface area contributed by atoms with Crippen LogP contribution in [-0.4, -0.2) is 12.5 Å². The Hall–Kier alpha value is -1.20. The number of halogens is 2. The number of para-hydroxylation sites is 1. The molecule has 0 spiro atoms. The Kier molecular flexibility index (Phi) is 5.17. The lowest BCUT2D eigenvalue weighted by Gasteiger charge is -2.31. The van der Waals surface area contributed by atoms with E-state index in [0.717, 1.165) is 21.2 Å². The van der Waals surface area contributed by atoms with Gasteiger partial charge in [-0.25, -0.2) is 0 Å². The smallest absolute Gasteiger partial charge is 0.232 e. The number of fused-ring (bicyclic) bond motifs is 2. The summed E-state index contributed by atoms with van der Waals surface area (Å²) in [6.07, 6.45) is 0.310. The number of hydrogen-bond acceptors (Lipinski definition) is 3. The molecule has 3 nitrogen and oxygen atoms in total. The maximum Gasteiger partial charge on any atom is 0.232 e. The Morgan fingerprint density at radius 2 is 1.86 bits per heavy atom. The monoisotopic (exact) mass is 340 g/mol. The average Bonchev–Trinajstić information content (AvgIpc) is 2.45. The highest BCUT2D eigenvalue weighted by atomic mass is 35.5. The first-order valence-electron chi connectivity index (χ1n) is 6.30. The largest absolute Gasteiger partial charge is 0.330 e. The molecule has 0 saturated carbocycles. The minimum atomic E-state index is -0.0104. The van der Waals surface area contributed by atoms with Gasteiger partial charge in [0.25, 0.3) is 0 Å². The van der Waals surface area contributed by atoms with Gasteiger partial charge in [0.1, 0.15) is 0 Å². The van der Waals surface area contributed by atoms with E-state index in [1.54, 1.807) is 16.7 Å². The van der Waals surface area contributed by atoms with Gasteiger partial charge in [-0.15, -0.1) is 12.4 Å². The van der Waals surface area contributed by atoms with E-state index in [4.69, 9.17) is 17.3 Å². The number of nitrogens with two attached hydrogens (primary N) is 1. The average molecular weight is 341 g/mol. The lowest BCUT2D eigenvalue weighted by Crippen LogP contribution is -2.30. The van der Waals surface area contributed by atoms with Gasteiger partial charge in [-0.2, -0.15) is 0 Å². The molecular formula is C15H14Cl2N2OS. The first-order chi connectivity index (χ1) is 9.70. The number of nitrogens with zero attached hydrogens (tertiary/aromatic N) is 1. The first-order valence-corrected chi connectivity index (χ1v) is 7.49. The van der Waals surface area contributed by atoms with E-state index in [1.165, 1.54) is 0 Å². The van der Waals surface area contributed by atoms with Crippen LogP contribution < -0.4 is 10.6 Å². The van der Waals surface area contributed by atoms with Crippen LogP contribution in [0.2, 0.25) is 5.02 Å². The molecule has 0 saturated heterocycles. The van der Waals surface area contributed by atoms with E-state index in [0.29, 0.717) is 18.0 Å². The highest BCUT2D eigenvalue weighted by Gasteiger charge is 2.27. The third-order valence-electron chi connectivity index (χ3n) is 3.10. The Labute approximate surface area is 138 Å². The van der Waals surface area contributed by atoms with Gasteiger partial charge >= 0.3 is 0 Å². The fourth-order valence-electron chi connectivity index (χ4n) is 2.23. The molecule has 1 amide bonds. The van der Waals surface area contributed by atoms with Crippen molar-refractivity contribution in [3.63, 3.8) is 0 Å². The standard InChI is InChI=1S/C15H13ClN2OS.ClH/c16-10-5-6-14-12(9-10)18(15(19)7-8-17)11-3-1-2-4-13(11)20-14;/h1-6,9H,7-8,17H2;1H. The van der Waals surface area contributed by atoms with Gasteiger partial charge in [-0.3, -0.25) is 9.69 Å². The van der Waals surface area contributed by atoms with Crippen molar-refractivity contribution in [3.05, 3.63) is 47.5 Å². The number of carbonyl (C=O) groups is 1. The quantitative estimate of drug-likeness (QED) is 0.889. The van der Waals surface area contributed by atoms with Crippen LogP contribution in [0.1, 0.15) is 6.42 Å². The van der Waals surface area contributed by atoms with Crippen LogP contribution in [0.3, 0.4) is 0 Å². The van der Waals surface area contributed by atoms with Crippen LogP contribution >= 0.6 is 35.8 Å². The molecular weight excluding hydrogens is 327 g/mol. The molecule has 21 heavy (non-hydrogen) atoms. The third kappa shape index (κ3) is 3.04. The summed E-state index contributed by atoms with van der Waals surface area (Å²) in [6.45, 7) is 0.334. The van der Waals surface area contributed by atoms with E-state index in [-0.39, 0.29) is 18.3 Å². The summed E-state index contributed by atoms with van der Waals surface area (Å²) < 4.78 is 0. The fraction of sp³-hybridized carbons (Fsp3) is 0.133. The van der Waals surface area contributed by atoms with E-state index in [1.807, 2.05) is 42.5 Å². The summed E-state index contributed by atoms with van der Waals surface area (Å²) >= 11 is 7.73. The molecule has 1 heterocycles. The van der Waals surface area contributed by atoms with Gasteiger partial charge in [-0.1, -0.05) is 35.5 Å². The first kappa shape index (κ1) is 16.2. The Bertz CT molecular complexity index is 678. The topological polar surface area (TPSA) is 46.3 Å². The zero-order valence-electron chi connectivity index (χ0n) is 11.1. The van der Waals surface area contributed by atoms with Gasteiger partial charge in [0.2, 0.25) is 5.91 Å². The molecule has 0 radical (unpaired) electrons. The second kappa shape index (κ2) is 6.71. The molecule has 2 N–H and O–H groups in total. The molecule has 0 aromatic heterocycles. The normalized spacial score (nSPS) is 12.2. The van der Waals surface area contributed by atoms with Gasteiger partial charge in [0, 0.05) is 27.8 Å². The molecule has 0 aliphatic carbocycles. The van der Waals surface area contributed by atoms with Gasteiger partial charge in [0.15, 0.2) is 0 Å². The van der Waals surface area contributed by atoms with Crippen LogP contribution in [0.25, 0.3) is 0 Å². The molecule has 3 rings (SSSR count). The Balaban J connectivity index is 0.00000161. The SMILES string of the molecule is Cl.NCCC(=O)N1c2ccccc2Sc2ccc(Cl)cc21. The maximum absolute atomic E-state index is 12.4. The van der Waals surface area contributed by atoms with Crippen LogP contribution in [0, 0.1) is 0 Å². The lowest BCUT2D eigenvalue weighted by atomic mass is 10.2. The van der Waals surface area contributed by atoms with Crippen molar-refractivity contribution in [1.82, 2.24) is 0 Å². The molecule has 2 aromatic carbocycles. The van der Waals surface area contributed by atoms with Crippen LogP contribution in [0.5, 0.6) is 0 Å². The summed E-state index contributed by atoms with van der Waals surface area (Å²) in [4.78, 5) is 16.2. The van der Waals surface area contributed by atoms with Crippen LogP contribution in [0.4, 0.5) is 11.4 Å². The summed E-state index contributed by atoms with van der Waals surface area (Å²) in [6, 6.07) is 13.5. The number of carbonyl (C=O) groups excluding carboxylic acids is 1. The molecule has 1 aliphatic rings. The van der Waals surface area contributed by atoms with Crippen molar-refractivity contribution < 1.29 is 4.79 Å². The third-order valence-corrected chi connectivity index (χ3v) is 4.46. The van der Waals surface area contributed by atoms with Crippen molar-refractivity contribution in [3.8, 4) is 0 Å². The predicted molar refractivity (Wildman–Crippen MR) is 90.1 cm³/mol. The number of hydrogen-bond donors (Lipinski definition) is 1. The number of rotatable bonds is 2. The van der Waals surface area contributed by atoms with Crippen molar-refractivity contribution >= 4 is 53.1 Å². The van der Waals surface area contributed by atoms with E-state index in [2.05, 4.69) is 0 Å². The molecule has 0 bridgehead atoms. The second-order valence-electron chi connectivity index (χ2n) is 4.45. The molecule has 6 heteroatoms. The highest BCUT2D eigenvalue weighted by Crippen LogP contribution is 2.48. The Morgan fingerprint density at radius 1 is 1.14 bits per heavy atom. The fourth-order valence-corrected chi connectivity index (χ4v) is 3.44. The van der Waals surface area contributed by atoms with Crippen molar-refractivity contribution in [2.24, 2.45) is 5.73 Å². The molecule has 0 fully saturated rings. The summed E-state index contributed by atoms with van der Waals surface area (Å²) in [7, 11) is 0.